The maximum Gasteiger partial charge on any atom is 0.311 e. The van der Waals surface area contributed by atoms with Crippen molar-refractivity contribution in [1.29, 1.82) is 0 Å². The molecule has 1 aromatic carbocycles. The van der Waals surface area contributed by atoms with E-state index in [9.17, 15) is 23.5 Å². The van der Waals surface area contributed by atoms with Crippen LogP contribution in [-0.4, -0.2) is 54.8 Å². The fourth-order valence-electron chi connectivity index (χ4n) is 3.65. The Morgan fingerprint density at radius 1 is 1.38 bits per heavy atom. The lowest BCUT2D eigenvalue weighted by Gasteiger charge is -2.33. The zero-order chi connectivity index (χ0) is 18.7. The van der Waals surface area contributed by atoms with E-state index >= 15 is 0 Å². The SMILES string of the molecule is O=C(CCCOc1ccc(F)cc1F)N1C[C@H]2COCC[C@@]2(C(=O)O)C1. The third kappa shape index (κ3) is 3.65. The molecule has 0 radical (unpaired) electrons. The van der Waals surface area contributed by atoms with E-state index in [4.69, 9.17) is 9.47 Å². The number of hydrogen-bond acceptors (Lipinski definition) is 4. The van der Waals surface area contributed by atoms with Gasteiger partial charge in [-0.15, -0.1) is 0 Å². The number of benzene rings is 1. The van der Waals surface area contributed by atoms with Gasteiger partial charge >= 0.3 is 5.97 Å². The fourth-order valence-corrected chi connectivity index (χ4v) is 3.65. The summed E-state index contributed by atoms with van der Waals surface area (Å²) in [6.45, 7) is 1.42. The number of fused-ring (bicyclic) bond motifs is 1. The lowest BCUT2D eigenvalue weighted by Crippen LogP contribution is -2.45. The second-order valence-corrected chi connectivity index (χ2v) is 6.78. The molecule has 142 valence electrons. The van der Waals surface area contributed by atoms with Gasteiger partial charge in [-0.3, -0.25) is 9.59 Å². The average Bonchev–Trinajstić information content (AvgIpc) is 3.01. The summed E-state index contributed by atoms with van der Waals surface area (Å²) in [6, 6.07) is 3.04. The van der Waals surface area contributed by atoms with Crippen molar-refractivity contribution in [2.75, 3.05) is 32.9 Å². The molecule has 26 heavy (non-hydrogen) atoms. The number of halogens is 2. The molecule has 0 aliphatic carbocycles. The average molecular weight is 369 g/mol. The van der Waals surface area contributed by atoms with Crippen molar-refractivity contribution >= 4 is 11.9 Å². The molecule has 2 aliphatic heterocycles. The van der Waals surface area contributed by atoms with Gasteiger partial charge in [0.1, 0.15) is 5.82 Å². The number of ether oxygens (including phenoxy) is 2. The molecule has 0 spiro atoms. The van der Waals surface area contributed by atoms with Gasteiger partial charge in [0.15, 0.2) is 11.6 Å². The molecule has 0 bridgehead atoms. The van der Waals surface area contributed by atoms with Gasteiger partial charge in [-0.1, -0.05) is 0 Å². The third-order valence-corrected chi connectivity index (χ3v) is 5.17. The minimum Gasteiger partial charge on any atom is -0.491 e. The summed E-state index contributed by atoms with van der Waals surface area (Å²) in [6.07, 6.45) is 0.934. The standard InChI is InChI=1S/C18H21F2NO5/c19-13-3-4-15(14(20)8-13)26-6-1-2-16(22)21-9-12-10-25-7-5-18(12,11-21)17(23)24/h3-4,8,12H,1-2,5-7,9-11H2,(H,23,24)/t12-,18+/m0/s1. The molecule has 2 aliphatic rings. The van der Waals surface area contributed by atoms with Crippen LogP contribution >= 0.6 is 0 Å². The Labute approximate surface area is 149 Å². The maximum absolute atomic E-state index is 13.5. The Balaban J connectivity index is 1.49. The minimum absolute atomic E-state index is 0.0620. The van der Waals surface area contributed by atoms with Gasteiger partial charge in [-0.05, 0) is 25.0 Å². The summed E-state index contributed by atoms with van der Waals surface area (Å²) in [4.78, 5) is 25.7. The van der Waals surface area contributed by atoms with Gasteiger partial charge in [0.25, 0.3) is 0 Å². The van der Waals surface area contributed by atoms with E-state index in [1.165, 1.54) is 6.07 Å². The summed E-state index contributed by atoms with van der Waals surface area (Å²) in [5, 5.41) is 9.61. The first-order valence-electron chi connectivity index (χ1n) is 8.59. The molecule has 6 nitrogen and oxygen atoms in total. The van der Waals surface area contributed by atoms with Crippen LogP contribution in [0.25, 0.3) is 0 Å². The van der Waals surface area contributed by atoms with Gasteiger partial charge < -0.3 is 19.5 Å². The van der Waals surface area contributed by atoms with Crippen molar-refractivity contribution in [3.05, 3.63) is 29.8 Å². The van der Waals surface area contributed by atoms with Crippen LogP contribution in [0.1, 0.15) is 19.3 Å². The topological polar surface area (TPSA) is 76.1 Å². The molecule has 0 unspecified atom stereocenters. The predicted octanol–water partition coefficient (Wildman–Crippen LogP) is 2.07. The van der Waals surface area contributed by atoms with Crippen LogP contribution in [0.15, 0.2) is 18.2 Å². The van der Waals surface area contributed by atoms with Crippen LogP contribution in [0, 0.1) is 23.0 Å². The van der Waals surface area contributed by atoms with E-state index in [1.807, 2.05) is 0 Å². The molecular formula is C18H21F2NO5. The Hall–Kier alpha value is -2.22. The zero-order valence-corrected chi connectivity index (χ0v) is 14.2. The summed E-state index contributed by atoms with van der Waals surface area (Å²) in [5.74, 6) is -2.75. The first-order chi connectivity index (χ1) is 12.4. The van der Waals surface area contributed by atoms with E-state index < -0.39 is 23.0 Å². The molecular weight excluding hydrogens is 348 g/mol. The number of hydrogen-bond donors (Lipinski definition) is 1. The van der Waals surface area contributed by atoms with Crippen LogP contribution in [0.3, 0.4) is 0 Å². The fraction of sp³-hybridized carbons (Fsp3) is 0.556. The molecule has 2 fully saturated rings. The summed E-state index contributed by atoms with van der Waals surface area (Å²) >= 11 is 0. The van der Waals surface area contributed by atoms with Gasteiger partial charge in [-0.2, -0.15) is 0 Å². The Kier molecular flexibility index (Phi) is 5.41. The smallest absolute Gasteiger partial charge is 0.311 e. The second-order valence-electron chi connectivity index (χ2n) is 6.78. The van der Waals surface area contributed by atoms with E-state index in [0.717, 1.165) is 12.1 Å². The Morgan fingerprint density at radius 2 is 2.19 bits per heavy atom. The van der Waals surface area contributed by atoms with Crippen LogP contribution in [0.5, 0.6) is 5.75 Å². The molecule has 1 N–H and O–H groups in total. The van der Waals surface area contributed by atoms with Crippen LogP contribution in [-0.2, 0) is 14.3 Å². The van der Waals surface area contributed by atoms with E-state index in [0.29, 0.717) is 32.6 Å². The number of carbonyl (C=O) groups excluding carboxylic acids is 1. The number of aliphatic carboxylic acids is 1. The highest BCUT2D eigenvalue weighted by atomic mass is 19.1. The summed E-state index contributed by atoms with van der Waals surface area (Å²) in [7, 11) is 0. The molecule has 2 atom stereocenters. The number of likely N-dealkylation sites (tertiary alicyclic amines) is 1. The highest BCUT2D eigenvalue weighted by molar-refractivity contribution is 5.81. The van der Waals surface area contributed by atoms with Crippen molar-refractivity contribution in [3.63, 3.8) is 0 Å². The molecule has 0 saturated carbocycles. The molecule has 1 amide bonds. The van der Waals surface area contributed by atoms with E-state index in [2.05, 4.69) is 0 Å². The number of carboxylic acid groups (broad SMARTS) is 1. The van der Waals surface area contributed by atoms with Crippen molar-refractivity contribution in [3.8, 4) is 5.75 Å². The van der Waals surface area contributed by atoms with Crippen LogP contribution < -0.4 is 4.74 Å². The normalized spacial score (nSPS) is 25.0. The quantitative estimate of drug-likeness (QED) is 0.777. The lowest BCUT2D eigenvalue weighted by molar-refractivity contribution is -0.157. The highest BCUT2D eigenvalue weighted by Gasteiger charge is 2.54. The monoisotopic (exact) mass is 369 g/mol. The predicted molar refractivity (Wildman–Crippen MR) is 86.7 cm³/mol. The molecule has 2 saturated heterocycles. The van der Waals surface area contributed by atoms with Crippen molar-refractivity contribution in [1.82, 2.24) is 4.90 Å². The van der Waals surface area contributed by atoms with Crippen molar-refractivity contribution < 1.29 is 33.0 Å². The summed E-state index contributed by atoms with van der Waals surface area (Å²) in [5.41, 5.74) is -0.915. The summed E-state index contributed by atoms with van der Waals surface area (Å²) < 4.78 is 36.9. The Morgan fingerprint density at radius 3 is 2.88 bits per heavy atom. The number of amides is 1. The minimum atomic E-state index is -0.915. The van der Waals surface area contributed by atoms with Gasteiger partial charge in [0.05, 0.1) is 18.6 Å². The number of carboxylic acids is 1. The van der Waals surface area contributed by atoms with Gasteiger partial charge in [-0.25, -0.2) is 8.78 Å². The third-order valence-electron chi connectivity index (χ3n) is 5.17. The van der Waals surface area contributed by atoms with Gasteiger partial charge in [0.2, 0.25) is 5.91 Å². The molecule has 3 rings (SSSR count). The first-order valence-corrected chi connectivity index (χ1v) is 8.59. The number of nitrogens with zero attached hydrogens (tertiary/aromatic N) is 1. The number of carbonyl (C=O) groups is 2. The van der Waals surface area contributed by atoms with E-state index in [1.54, 1.807) is 4.90 Å². The van der Waals surface area contributed by atoms with Gasteiger partial charge in [0, 0.05) is 38.1 Å². The largest absolute Gasteiger partial charge is 0.491 e. The lowest BCUT2D eigenvalue weighted by atomic mass is 9.74. The number of rotatable bonds is 6. The molecule has 8 heteroatoms. The maximum atomic E-state index is 13.5. The molecule has 0 aromatic heterocycles. The van der Waals surface area contributed by atoms with Crippen molar-refractivity contribution in [2.24, 2.45) is 11.3 Å². The molecule has 2 heterocycles. The zero-order valence-electron chi connectivity index (χ0n) is 14.2. The Bertz CT molecular complexity index is 698. The van der Waals surface area contributed by atoms with E-state index in [-0.39, 0.29) is 37.1 Å². The van der Waals surface area contributed by atoms with Crippen LogP contribution in [0.2, 0.25) is 0 Å². The second kappa shape index (κ2) is 7.57. The molecule has 1 aromatic rings. The van der Waals surface area contributed by atoms with Crippen molar-refractivity contribution in [2.45, 2.75) is 19.3 Å². The van der Waals surface area contributed by atoms with Crippen LogP contribution in [0.4, 0.5) is 8.78 Å². The highest BCUT2D eigenvalue weighted by Crippen LogP contribution is 2.42. The first kappa shape index (κ1) is 18.6.